The number of fused-ring (bicyclic) bond motifs is 1. The zero-order chi connectivity index (χ0) is 12.8. The molecule has 0 saturated carbocycles. The minimum Gasteiger partial charge on any atom is -1.00 e. The molecule has 3 aromatic carbocycles. The van der Waals surface area contributed by atoms with Crippen LogP contribution in [0.4, 0.5) is 0 Å². The smallest absolute Gasteiger partial charge is 1.00 e. The molecule has 0 aliphatic heterocycles. The van der Waals surface area contributed by atoms with Crippen LogP contribution in [-0.4, -0.2) is 0 Å². The zero-order valence-corrected chi connectivity index (χ0v) is 16.4. The Kier molecular flexibility index (Phi) is 13.3. The Morgan fingerprint density at radius 1 is 0.857 bits per heavy atom. The number of hydrogen-bond acceptors (Lipinski definition) is 0. The van der Waals surface area contributed by atoms with Gasteiger partial charge in [-0.15, -0.1) is 29.7 Å². The van der Waals surface area contributed by atoms with E-state index in [-0.39, 0.29) is 51.0 Å². The van der Waals surface area contributed by atoms with E-state index < -0.39 is 0 Å². The Morgan fingerprint density at radius 2 is 1.43 bits per heavy atom. The molecule has 3 rings (SSSR count). The number of halogens is 2. The van der Waals surface area contributed by atoms with E-state index in [4.69, 9.17) is 0 Å². The molecule has 110 valence electrons. The normalized spacial score (nSPS) is 8.67. The van der Waals surface area contributed by atoms with Crippen LogP contribution in [0.1, 0.15) is 25.0 Å². The van der Waals surface area contributed by atoms with E-state index >= 15 is 0 Å². The van der Waals surface area contributed by atoms with Gasteiger partial charge in [0.1, 0.15) is 0 Å². The van der Waals surface area contributed by atoms with Gasteiger partial charge in [-0.05, 0) is 0 Å². The molecule has 0 spiro atoms. The quantitative estimate of drug-likeness (QED) is 0.491. The molecule has 0 bridgehead atoms. The van der Waals surface area contributed by atoms with E-state index in [9.17, 15) is 0 Å². The Morgan fingerprint density at radius 3 is 1.95 bits per heavy atom. The number of benzene rings is 1. The molecule has 0 unspecified atom stereocenters. The summed E-state index contributed by atoms with van der Waals surface area (Å²) in [6, 6.07) is 21.2. The van der Waals surface area contributed by atoms with Gasteiger partial charge in [0, 0.05) is 0 Å². The molecule has 3 heteroatoms. The van der Waals surface area contributed by atoms with Crippen LogP contribution in [0, 0.1) is 0 Å². The Labute approximate surface area is 159 Å². The fourth-order valence-electron chi connectivity index (χ4n) is 2.25. The van der Waals surface area contributed by atoms with Gasteiger partial charge < -0.3 is 24.8 Å². The molecule has 0 fully saturated rings. The van der Waals surface area contributed by atoms with Crippen LogP contribution in [0.2, 0.25) is 0 Å². The monoisotopic (exact) mass is 396 g/mol. The average molecular weight is 398 g/mol. The summed E-state index contributed by atoms with van der Waals surface area (Å²) in [5, 5.41) is 2.66. The molecule has 0 radical (unpaired) electrons. The topological polar surface area (TPSA) is 0 Å². The maximum absolute atomic E-state index is 2.21. The van der Waals surface area contributed by atoms with Crippen molar-refractivity contribution in [3.8, 4) is 0 Å². The second-order valence-corrected chi connectivity index (χ2v) is 4.44. The van der Waals surface area contributed by atoms with Gasteiger partial charge in [-0.2, -0.15) is 46.8 Å². The summed E-state index contributed by atoms with van der Waals surface area (Å²) in [5.41, 5.74) is 3.02. The summed E-state index contributed by atoms with van der Waals surface area (Å²) in [6.07, 6.45) is 2.35. The van der Waals surface area contributed by atoms with Crippen molar-refractivity contribution >= 4 is 10.8 Å². The molecule has 3 aromatic rings. The Balaban J connectivity index is 0. The van der Waals surface area contributed by atoms with Gasteiger partial charge in [0.15, 0.2) is 0 Å². The fourth-order valence-corrected chi connectivity index (χ4v) is 2.25. The van der Waals surface area contributed by atoms with E-state index in [0.717, 1.165) is 0 Å². The first-order valence-electron chi connectivity index (χ1n) is 6.69. The molecular weight excluding hydrogens is 378 g/mol. The van der Waals surface area contributed by atoms with Crippen LogP contribution in [-0.2, 0) is 39.0 Å². The van der Waals surface area contributed by atoms with Crippen LogP contribution < -0.4 is 24.8 Å². The van der Waals surface area contributed by atoms with Gasteiger partial charge >= 0.3 is 26.2 Å². The first kappa shape index (κ1) is 22.9. The summed E-state index contributed by atoms with van der Waals surface area (Å²) in [6.45, 7) is 4.41. The third-order valence-corrected chi connectivity index (χ3v) is 3.32. The molecule has 21 heavy (non-hydrogen) atoms. The van der Waals surface area contributed by atoms with Gasteiger partial charge in [-0.25, -0.2) is 0 Å². The van der Waals surface area contributed by atoms with Crippen molar-refractivity contribution in [3.63, 3.8) is 0 Å². The summed E-state index contributed by atoms with van der Waals surface area (Å²) in [5.74, 6) is 0. The van der Waals surface area contributed by atoms with Crippen LogP contribution in [0.25, 0.3) is 10.8 Å². The van der Waals surface area contributed by atoms with E-state index in [0.29, 0.717) is 0 Å². The number of rotatable bonds is 2. The summed E-state index contributed by atoms with van der Waals surface area (Å²) in [4.78, 5) is 0. The van der Waals surface area contributed by atoms with Crippen molar-refractivity contribution in [1.82, 2.24) is 0 Å². The zero-order valence-electron chi connectivity index (χ0n) is 12.4. The van der Waals surface area contributed by atoms with Crippen LogP contribution in [0.3, 0.4) is 0 Å². The first-order chi connectivity index (χ1) is 8.85. The van der Waals surface area contributed by atoms with Crippen molar-refractivity contribution in [2.45, 2.75) is 26.7 Å². The second-order valence-electron chi connectivity index (χ2n) is 4.44. The van der Waals surface area contributed by atoms with Gasteiger partial charge in [-0.3, -0.25) is 0 Å². The van der Waals surface area contributed by atoms with Crippen LogP contribution in [0.15, 0.2) is 60.7 Å². The Hall–Kier alpha value is -0.357. The van der Waals surface area contributed by atoms with Crippen LogP contribution in [0.5, 0.6) is 0 Å². The standard InChI is InChI=1S/C9H7.C9H13.2ClH.Zr/c1-2-5-9-7-3-6-8(9)4-1;1-3-8-6-5-7-9(8)4-2;;;/h1-7H;5-7H,3-4H2,1-2H3;2*1H;/q2*-1;;;+4/p-2. The van der Waals surface area contributed by atoms with Crippen molar-refractivity contribution < 1.29 is 51.0 Å². The molecule has 0 nitrogen and oxygen atoms in total. The minimum absolute atomic E-state index is 0. The van der Waals surface area contributed by atoms with E-state index in [2.05, 4.69) is 74.5 Å². The molecule has 0 aliphatic rings. The van der Waals surface area contributed by atoms with Gasteiger partial charge in [0.2, 0.25) is 0 Å². The SMILES string of the molecule is CCc1c[cH-]cc1CC.[Cl-].[Cl-].[Zr+4].c1ccc2[cH-]ccc2c1. The first-order valence-corrected chi connectivity index (χ1v) is 6.69. The molecular formula is C18H20Cl2Zr. The Bertz CT molecular complexity index is 547. The molecule has 0 atom stereocenters. The third-order valence-electron chi connectivity index (χ3n) is 3.32. The summed E-state index contributed by atoms with van der Waals surface area (Å²) < 4.78 is 0. The van der Waals surface area contributed by atoms with Gasteiger partial charge in [0.05, 0.1) is 0 Å². The van der Waals surface area contributed by atoms with Gasteiger partial charge in [-0.1, -0.05) is 32.8 Å². The maximum Gasteiger partial charge on any atom is 4.00 e. The van der Waals surface area contributed by atoms with E-state index in [1.807, 2.05) is 0 Å². The van der Waals surface area contributed by atoms with Crippen molar-refractivity contribution in [1.29, 1.82) is 0 Å². The van der Waals surface area contributed by atoms with E-state index in [1.54, 1.807) is 0 Å². The van der Waals surface area contributed by atoms with Crippen molar-refractivity contribution in [3.05, 3.63) is 71.8 Å². The number of hydrogen-bond donors (Lipinski definition) is 0. The predicted molar refractivity (Wildman–Crippen MR) is 80.3 cm³/mol. The van der Waals surface area contributed by atoms with Crippen molar-refractivity contribution in [2.75, 3.05) is 0 Å². The van der Waals surface area contributed by atoms with E-state index in [1.165, 1.54) is 34.7 Å². The van der Waals surface area contributed by atoms with Crippen LogP contribution >= 0.6 is 0 Å². The number of aryl methyl sites for hydroxylation is 2. The molecule has 0 saturated heterocycles. The molecule has 0 aromatic heterocycles. The molecule has 0 amide bonds. The summed E-state index contributed by atoms with van der Waals surface area (Å²) in [7, 11) is 0. The molecule has 0 N–H and O–H groups in total. The molecule has 0 heterocycles. The largest absolute Gasteiger partial charge is 4.00 e. The third kappa shape index (κ3) is 6.51. The average Bonchev–Trinajstić information content (AvgIpc) is 3.07. The van der Waals surface area contributed by atoms with Gasteiger partial charge in [0.25, 0.3) is 0 Å². The maximum atomic E-state index is 2.21. The minimum atomic E-state index is 0. The molecule has 0 aliphatic carbocycles. The second kappa shape index (κ2) is 12.2. The van der Waals surface area contributed by atoms with Crippen molar-refractivity contribution in [2.24, 2.45) is 0 Å². The predicted octanol–water partition coefficient (Wildman–Crippen LogP) is -0.905. The summed E-state index contributed by atoms with van der Waals surface area (Å²) >= 11 is 0. The fraction of sp³-hybridized carbons (Fsp3) is 0.222.